The minimum atomic E-state index is -1.50. The van der Waals surface area contributed by atoms with Crippen molar-refractivity contribution in [3.63, 3.8) is 0 Å². The fourth-order valence-electron chi connectivity index (χ4n) is 1.89. The highest BCUT2D eigenvalue weighted by atomic mass is 16.5. The summed E-state index contributed by atoms with van der Waals surface area (Å²) >= 11 is 0. The van der Waals surface area contributed by atoms with Crippen molar-refractivity contribution >= 4 is 11.9 Å². The zero-order valence-electron chi connectivity index (χ0n) is 15.8. The fraction of sp³-hybridized carbons (Fsp3) is 0.400. The van der Waals surface area contributed by atoms with Gasteiger partial charge in [0.25, 0.3) is 5.91 Å². The van der Waals surface area contributed by atoms with Crippen LogP contribution in [0.25, 0.3) is 0 Å². The van der Waals surface area contributed by atoms with Gasteiger partial charge in [0.1, 0.15) is 11.6 Å². The first kappa shape index (κ1) is 22.2. The van der Waals surface area contributed by atoms with E-state index in [1.54, 1.807) is 38.1 Å². The lowest BCUT2D eigenvalue weighted by molar-refractivity contribution is -0.144. The van der Waals surface area contributed by atoms with Gasteiger partial charge in [-0.1, -0.05) is 11.8 Å². The third-order valence-corrected chi connectivity index (χ3v) is 3.51. The van der Waals surface area contributed by atoms with Crippen LogP contribution in [-0.4, -0.2) is 53.0 Å². The fourth-order valence-corrected chi connectivity index (χ4v) is 1.89. The van der Waals surface area contributed by atoms with E-state index < -0.39 is 35.7 Å². The summed E-state index contributed by atoms with van der Waals surface area (Å²) in [6.45, 7) is 4.11. The molecule has 0 heterocycles. The van der Waals surface area contributed by atoms with E-state index in [0.717, 1.165) is 0 Å². The largest absolute Gasteiger partial charge is 0.467 e. The summed E-state index contributed by atoms with van der Waals surface area (Å²) < 4.78 is 4.68. The maximum atomic E-state index is 12.4. The Balaban J connectivity index is 2.87. The molecule has 0 fully saturated rings. The van der Waals surface area contributed by atoms with Gasteiger partial charge in [0.2, 0.25) is 0 Å². The molecule has 1 aromatic rings. The van der Waals surface area contributed by atoms with E-state index >= 15 is 0 Å². The molecule has 144 valence electrons. The summed E-state index contributed by atoms with van der Waals surface area (Å²) in [6.07, 6.45) is 0. The quantitative estimate of drug-likeness (QED) is 0.419. The number of carbonyl (C=O) groups is 2. The summed E-state index contributed by atoms with van der Waals surface area (Å²) in [6, 6.07) is 5.34. The molecule has 1 unspecified atom stereocenters. The van der Waals surface area contributed by atoms with Crippen molar-refractivity contribution in [1.29, 1.82) is 0 Å². The third-order valence-electron chi connectivity index (χ3n) is 3.51. The summed E-state index contributed by atoms with van der Waals surface area (Å²) in [5, 5.41) is 21.0. The summed E-state index contributed by atoms with van der Waals surface area (Å²) in [5.41, 5.74) is 4.37. The van der Waals surface area contributed by atoms with E-state index in [2.05, 4.69) is 33.7 Å². The second kappa shape index (κ2) is 9.20. The Morgan fingerprint density at radius 3 is 2.30 bits per heavy atom. The number of aliphatic hydroxyl groups excluding tert-OH is 1. The number of carbonyl (C=O) groups excluding carboxylic acids is 2. The topological polar surface area (TPSA) is 122 Å². The number of aliphatic hydroxyl groups is 2. The van der Waals surface area contributed by atoms with E-state index in [1.807, 2.05) is 0 Å². The van der Waals surface area contributed by atoms with Crippen LogP contribution in [0.5, 0.6) is 0 Å². The molecule has 0 aromatic heterocycles. The zero-order valence-corrected chi connectivity index (χ0v) is 15.8. The van der Waals surface area contributed by atoms with Gasteiger partial charge in [0, 0.05) is 16.7 Å². The van der Waals surface area contributed by atoms with Crippen LogP contribution in [-0.2, 0) is 9.53 Å². The Bertz CT molecular complexity index is 799. The minimum Gasteiger partial charge on any atom is -0.467 e. The molecule has 27 heavy (non-hydrogen) atoms. The van der Waals surface area contributed by atoms with Crippen LogP contribution < -0.4 is 11.1 Å². The number of ether oxygens (including phenoxy) is 1. The minimum absolute atomic E-state index is 0.327. The number of benzene rings is 1. The maximum Gasteiger partial charge on any atom is 0.330 e. The SMILES string of the molecule is COC(=O)C(NC(=O)c1ccc(C#CC#C[C@](C)(O)CO)cc1)C(C)(C)N. The molecule has 0 saturated carbocycles. The first-order chi connectivity index (χ1) is 12.5. The van der Waals surface area contributed by atoms with Gasteiger partial charge in [-0.05, 0) is 56.9 Å². The Morgan fingerprint density at radius 2 is 1.81 bits per heavy atom. The van der Waals surface area contributed by atoms with Crippen molar-refractivity contribution < 1.29 is 24.5 Å². The monoisotopic (exact) mass is 372 g/mol. The Hall–Kier alpha value is -2.84. The van der Waals surface area contributed by atoms with Crippen molar-refractivity contribution in [1.82, 2.24) is 5.32 Å². The normalized spacial score (nSPS) is 13.7. The molecule has 0 aliphatic rings. The van der Waals surface area contributed by atoms with E-state index in [9.17, 15) is 14.7 Å². The number of rotatable bonds is 5. The number of hydrogen-bond acceptors (Lipinski definition) is 6. The van der Waals surface area contributed by atoms with E-state index in [1.165, 1.54) is 14.0 Å². The molecule has 1 amide bonds. The predicted molar refractivity (Wildman–Crippen MR) is 100 cm³/mol. The average Bonchev–Trinajstić information content (AvgIpc) is 2.62. The van der Waals surface area contributed by atoms with Crippen LogP contribution in [0.1, 0.15) is 36.7 Å². The number of hydrogen-bond donors (Lipinski definition) is 4. The molecule has 7 heteroatoms. The Morgan fingerprint density at radius 1 is 1.22 bits per heavy atom. The van der Waals surface area contributed by atoms with Gasteiger partial charge in [0.05, 0.1) is 13.7 Å². The van der Waals surface area contributed by atoms with Gasteiger partial charge in [-0.2, -0.15) is 0 Å². The van der Waals surface area contributed by atoms with Gasteiger partial charge in [-0.25, -0.2) is 4.79 Å². The molecular weight excluding hydrogens is 348 g/mol. The lowest BCUT2D eigenvalue weighted by atomic mass is 9.95. The molecule has 1 aromatic carbocycles. The van der Waals surface area contributed by atoms with Crippen LogP contribution >= 0.6 is 0 Å². The van der Waals surface area contributed by atoms with Gasteiger partial charge in [-0.15, -0.1) is 0 Å². The maximum absolute atomic E-state index is 12.4. The van der Waals surface area contributed by atoms with Crippen molar-refractivity contribution in [3.8, 4) is 23.7 Å². The van der Waals surface area contributed by atoms with Crippen LogP contribution in [0.2, 0.25) is 0 Å². The number of amides is 1. The molecule has 7 nitrogen and oxygen atoms in total. The molecule has 0 spiro atoms. The first-order valence-electron chi connectivity index (χ1n) is 8.14. The van der Waals surface area contributed by atoms with Crippen molar-refractivity contribution in [3.05, 3.63) is 35.4 Å². The van der Waals surface area contributed by atoms with Crippen molar-refractivity contribution in [2.75, 3.05) is 13.7 Å². The highest BCUT2D eigenvalue weighted by Gasteiger charge is 2.34. The zero-order chi connectivity index (χ0) is 20.7. The summed E-state index contributed by atoms with van der Waals surface area (Å²) in [7, 11) is 1.23. The average molecular weight is 372 g/mol. The van der Waals surface area contributed by atoms with Gasteiger partial charge in [-0.3, -0.25) is 4.79 Å². The van der Waals surface area contributed by atoms with Crippen LogP contribution in [0.3, 0.4) is 0 Å². The van der Waals surface area contributed by atoms with E-state index in [0.29, 0.717) is 11.1 Å². The highest BCUT2D eigenvalue weighted by Crippen LogP contribution is 2.10. The van der Waals surface area contributed by atoms with Crippen molar-refractivity contribution in [2.24, 2.45) is 5.73 Å². The number of esters is 1. The Kier molecular flexibility index (Phi) is 7.56. The van der Waals surface area contributed by atoms with Gasteiger partial charge >= 0.3 is 5.97 Å². The van der Waals surface area contributed by atoms with Crippen LogP contribution in [0.15, 0.2) is 24.3 Å². The summed E-state index contributed by atoms with van der Waals surface area (Å²) in [5.74, 6) is 9.09. The van der Waals surface area contributed by atoms with E-state index in [4.69, 9.17) is 10.8 Å². The van der Waals surface area contributed by atoms with Crippen LogP contribution in [0.4, 0.5) is 0 Å². The highest BCUT2D eigenvalue weighted by molar-refractivity contribution is 5.97. The molecule has 0 radical (unpaired) electrons. The molecule has 1 rings (SSSR count). The third kappa shape index (κ3) is 7.12. The van der Waals surface area contributed by atoms with Gasteiger partial charge < -0.3 is 26.0 Å². The summed E-state index contributed by atoms with van der Waals surface area (Å²) in [4.78, 5) is 24.2. The molecular formula is C20H24N2O5. The lowest BCUT2D eigenvalue weighted by Gasteiger charge is -2.28. The molecule has 2 atom stereocenters. The molecule has 5 N–H and O–H groups in total. The number of methoxy groups -OCH3 is 1. The van der Waals surface area contributed by atoms with Gasteiger partial charge in [0.15, 0.2) is 0 Å². The smallest absolute Gasteiger partial charge is 0.330 e. The second-order valence-electron chi connectivity index (χ2n) is 6.76. The molecule has 0 aliphatic heterocycles. The standard InChI is InChI=1S/C20H24N2O5/c1-19(2,21)16(18(25)27-4)22-17(24)15-10-8-14(9-11-15)7-5-6-12-20(3,26)13-23/h8-11,16,23,26H,13,21H2,1-4H3,(H,22,24)/t16?,20-/m0/s1. The molecule has 0 saturated heterocycles. The lowest BCUT2D eigenvalue weighted by Crippen LogP contribution is -2.59. The number of nitrogens with one attached hydrogen (secondary N) is 1. The predicted octanol–water partition coefficient (Wildman–Crippen LogP) is -0.206. The molecule has 0 bridgehead atoms. The molecule has 0 aliphatic carbocycles. The Labute approximate surface area is 158 Å². The van der Waals surface area contributed by atoms with E-state index in [-0.39, 0.29) is 0 Å². The first-order valence-corrected chi connectivity index (χ1v) is 8.14. The second-order valence-corrected chi connectivity index (χ2v) is 6.76. The number of nitrogens with two attached hydrogens (primary N) is 1. The van der Waals surface area contributed by atoms with Crippen molar-refractivity contribution in [2.45, 2.75) is 38.0 Å². The van der Waals surface area contributed by atoms with Crippen LogP contribution in [0, 0.1) is 23.7 Å².